The minimum atomic E-state index is -3.58. The second-order valence-corrected chi connectivity index (χ2v) is 7.90. The van der Waals surface area contributed by atoms with Gasteiger partial charge in [-0.25, -0.2) is 4.79 Å². The predicted octanol–water partition coefficient (Wildman–Crippen LogP) is 3.10. The first-order valence-corrected chi connectivity index (χ1v) is 10.8. The second kappa shape index (κ2) is 10.7. The molecule has 2 aromatic rings. The number of para-hydroxylation sites is 2. The Kier molecular flexibility index (Phi) is 8.29. The topological polar surface area (TPSA) is 94.2 Å². The molecule has 0 aliphatic heterocycles. The van der Waals surface area contributed by atoms with Gasteiger partial charge >= 0.3 is 16.1 Å². The van der Waals surface area contributed by atoms with Crippen LogP contribution >= 0.6 is 0 Å². The number of methoxy groups -OCH3 is 2. The zero-order valence-electron chi connectivity index (χ0n) is 16.8. The monoisotopic (exact) mass is 422 g/mol. The summed E-state index contributed by atoms with van der Waals surface area (Å²) >= 11 is 0. The molecule has 0 saturated carbocycles. The van der Waals surface area contributed by atoms with Crippen LogP contribution in [0.25, 0.3) is 0 Å². The molecule has 2 rings (SSSR count). The number of urea groups is 1. The molecular weight excluding hydrogens is 396 g/mol. The quantitative estimate of drug-likeness (QED) is 0.467. The second-order valence-electron chi connectivity index (χ2n) is 6.33. The van der Waals surface area contributed by atoms with Crippen LogP contribution in [-0.2, 0) is 21.4 Å². The number of carbonyl (C=O) groups excluding carboxylic acids is 1. The number of anilines is 1. The standard InChI is InChI=1S/C20H26N2O6S/c1-26-14-6-13-22(20(23)21-18-7-4-5-8-19(18)27-2)15-16-9-11-17(12-10-16)28-29(3,24)25/h4-5,7-12H,6,13-15H2,1-3H3,(H,21,23). The van der Waals surface area contributed by atoms with Gasteiger partial charge in [0, 0.05) is 26.8 Å². The number of amides is 2. The molecule has 0 saturated heterocycles. The van der Waals surface area contributed by atoms with Gasteiger partial charge in [-0.2, -0.15) is 8.42 Å². The molecule has 0 aliphatic rings. The van der Waals surface area contributed by atoms with Gasteiger partial charge in [0.2, 0.25) is 0 Å². The molecule has 0 heterocycles. The van der Waals surface area contributed by atoms with E-state index in [1.54, 1.807) is 55.5 Å². The van der Waals surface area contributed by atoms with Crippen LogP contribution in [0.1, 0.15) is 12.0 Å². The van der Waals surface area contributed by atoms with E-state index in [2.05, 4.69) is 5.32 Å². The number of benzene rings is 2. The molecule has 0 unspecified atom stereocenters. The SMILES string of the molecule is COCCCN(Cc1ccc(OS(C)(=O)=O)cc1)C(=O)Nc1ccccc1OC. The smallest absolute Gasteiger partial charge is 0.322 e. The molecule has 2 aromatic carbocycles. The maximum absolute atomic E-state index is 12.8. The minimum absolute atomic E-state index is 0.223. The number of carbonyl (C=O) groups is 1. The van der Waals surface area contributed by atoms with Crippen molar-refractivity contribution in [1.29, 1.82) is 0 Å². The Morgan fingerprint density at radius 2 is 1.76 bits per heavy atom. The van der Waals surface area contributed by atoms with E-state index < -0.39 is 10.1 Å². The Bertz CT molecular complexity index is 899. The first kappa shape index (κ1) is 22.5. The van der Waals surface area contributed by atoms with Gasteiger partial charge in [0.05, 0.1) is 19.1 Å². The van der Waals surface area contributed by atoms with Crippen molar-refractivity contribution < 1.29 is 26.9 Å². The normalized spacial score (nSPS) is 11.0. The summed E-state index contributed by atoms with van der Waals surface area (Å²) in [5.41, 5.74) is 1.41. The molecule has 29 heavy (non-hydrogen) atoms. The molecule has 0 aromatic heterocycles. The van der Waals surface area contributed by atoms with E-state index in [1.165, 1.54) is 0 Å². The predicted molar refractivity (Wildman–Crippen MR) is 111 cm³/mol. The van der Waals surface area contributed by atoms with Gasteiger partial charge in [0.25, 0.3) is 0 Å². The summed E-state index contributed by atoms with van der Waals surface area (Å²) in [6.45, 7) is 1.35. The van der Waals surface area contributed by atoms with Crippen LogP contribution in [0.3, 0.4) is 0 Å². The zero-order valence-corrected chi connectivity index (χ0v) is 17.6. The average Bonchev–Trinajstić information content (AvgIpc) is 2.68. The first-order chi connectivity index (χ1) is 13.8. The molecule has 2 amide bonds. The molecular formula is C20H26N2O6S. The maximum Gasteiger partial charge on any atom is 0.322 e. The molecule has 0 radical (unpaired) electrons. The molecule has 0 atom stereocenters. The highest BCUT2D eigenvalue weighted by Crippen LogP contribution is 2.24. The number of hydrogen-bond acceptors (Lipinski definition) is 6. The van der Waals surface area contributed by atoms with Crippen molar-refractivity contribution in [1.82, 2.24) is 4.90 Å². The summed E-state index contributed by atoms with van der Waals surface area (Å²) < 4.78 is 37.6. The summed E-state index contributed by atoms with van der Waals surface area (Å²) in [5, 5.41) is 2.87. The zero-order chi connectivity index (χ0) is 21.3. The Morgan fingerprint density at radius 3 is 2.38 bits per heavy atom. The van der Waals surface area contributed by atoms with E-state index in [9.17, 15) is 13.2 Å². The van der Waals surface area contributed by atoms with Gasteiger partial charge < -0.3 is 23.9 Å². The van der Waals surface area contributed by atoms with E-state index in [0.717, 1.165) is 11.8 Å². The van der Waals surface area contributed by atoms with Crippen LogP contribution in [0.15, 0.2) is 48.5 Å². The van der Waals surface area contributed by atoms with E-state index in [-0.39, 0.29) is 11.8 Å². The molecule has 0 fully saturated rings. The lowest BCUT2D eigenvalue weighted by Gasteiger charge is -2.24. The number of rotatable bonds is 10. The van der Waals surface area contributed by atoms with Crippen molar-refractivity contribution in [3.05, 3.63) is 54.1 Å². The average molecular weight is 423 g/mol. The Labute approximate surface area is 171 Å². The fourth-order valence-electron chi connectivity index (χ4n) is 2.64. The van der Waals surface area contributed by atoms with Crippen LogP contribution in [-0.4, -0.2) is 53.0 Å². The van der Waals surface area contributed by atoms with E-state index >= 15 is 0 Å². The summed E-state index contributed by atoms with van der Waals surface area (Å²) in [4.78, 5) is 14.5. The summed E-state index contributed by atoms with van der Waals surface area (Å²) in [6, 6.07) is 13.5. The van der Waals surface area contributed by atoms with Crippen molar-refractivity contribution in [3.8, 4) is 11.5 Å². The lowest BCUT2D eigenvalue weighted by atomic mass is 10.2. The first-order valence-electron chi connectivity index (χ1n) is 8.98. The minimum Gasteiger partial charge on any atom is -0.495 e. The lowest BCUT2D eigenvalue weighted by molar-refractivity contribution is 0.171. The van der Waals surface area contributed by atoms with Crippen molar-refractivity contribution in [2.45, 2.75) is 13.0 Å². The molecule has 9 heteroatoms. The molecule has 8 nitrogen and oxygen atoms in total. The maximum atomic E-state index is 12.8. The number of nitrogens with zero attached hydrogens (tertiary/aromatic N) is 1. The molecule has 0 spiro atoms. The third-order valence-corrected chi connectivity index (χ3v) is 4.45. The van der Waals surface area contributed by atoms with Gasteiger partial charge in [-0.15, -0.1) is 0 Å². The van der Waals surface area contributed by atoms with E-state index in [4.69, 9.17) is 13.7 Å². The number of hydrogen-bond donors (Lipinski definition) is 1. The number of ether oxygens (including phenoxy) is 2. The number of nitrogens with one attached hydrogen (secondary N) is 1. The van der Waals surface area contributed by atoms with Crippen molar-refractivity contribution in [2.24, 2.45) is 0 Å². The summed E-state index contributed by atoms with van der Waals surface area (Å²) in [5.74, 6) is 0.792. The third-order valence-electron chi connectivity index (χ3n) is 3.96. The van der Waals surface area contributed by atoms with Gasteiger partial charge in [-0.05, 0) is 36.2 Å². The molecule has 0 aliphatic carbocycles. The largest absolute Gasteiger partial charge is 0.495 e. The fraction of sp³-hybridized carbons (Fsp3) is 0.350. The fourth-order valence-corrected chi connectivity index (χ4v) is 3.10. The van der Waals surface area contributed by atoms with Crippen molar-refractivity contribution in [2.75, 3.05) is 38.9 Å². The summed E-state index contributed by atoms with van der Waals surface area (Å²) in [6.07, 6.45) is 1.66. The van der Waals surface area contributed by atoms with Gasteiger partial charge in [0.15, 0.2) is 0 Å². The highest BCUT2D eigenvalue weighted by molar-refractivity contribution is 7.86. The van der Waals surface area contributed by atoms with E-state index in [0.29, 0.717) is 37.6 Å². The molecule has 0 bridgehead atoms. The van der Waals surface area contributed by atoms with Crippen LogP contribution in [0, 0.1) is 0 Å². The lowest BCUT2D eigenvalue weighted by Crippen LogP contribution is -2.35. The van der Waals surface area contributed by atoms with E-state index in [1.807, 2.05) is 12.1 Å². The van der Waals surface area contributed by atoms with Crippen molar-refractivity contribution >= 4 is 21.8 Å². The van der Waals surface area contributed by atoms with Gasteiger partial charge in [-0.3, -0.25) is 0 Å². The molecule has 1 N–H and O–H groups in total. The highest BCUT2D eigenvalue weighted by atomic mass is 32.2. The Morgan fingerprint density at radius 1 is 1.07 bits per heavy atom. The Hall–Kier alpha value is -2.78. The highest BCUT2D eigenvalue weighted by Gasteiger charge is 2.16. The van der Waals surface area contributed by atoms with Gasteiger partial charge in [0.1, 0.15) is 11.5 Å². The van der Waals surface area contributed by atoms with Gasteiger partial charge in [-0.1, -0.05) is 24.3 Å². The van der Waals surface area contributed by atoms with Crippen LogP contribution in [0.2, 0.25) is 0 Å². The van der Waals surface area contributed by atoms with Crippen molar-refractivity contribution in [3.63, 3.8) is 0 Å². The van der Waals surface area contributed by atoms with Crippen LogP contribution < -0.4 is 14.2 Å². The van der Waals surface area contributed by atoms with Crippen LogP contribution in [0.5, 0.6) is 11.5 Å². The summed E-state index contributed by atoms with van der Waals surface area (Å²) in [7, 11) is -0.429. The third kappa shape index (κ3) is 7.63. The van der Waals surface area contributed by atoms with Crippen LogP contribution in [0.4, 0.5) is 10.5 Å². The Balaban J connectivity index is 2.11. The molecule has 158 valence electrons.